The zero-order valence-corrected chi connectivity index (χ0v) is 9.83. The number of nitrogens with one attached hydrogen (secondary N) is 1. The number of benzene rings is 1. The van der Waals surface area contributed by atoms with Crippen LogP contribution in [0.4, 0.5) is 0 Å². The van der Waals surface area contributed by atoms with Gasteiger partial charge in [0.15, 0.2) is 0 Å². The van der Waals surface area contributed by atoms with Crippen LogP contribution in [-0.4, -0.2) is 11.1 Å². The molecule has 0 aliphatic carbocycles. The minimum atomic E-state index is 0.294. The molecule has 0 radical (unpaired) electrons. The van der Waals surface area contributed by atoms with E-state index in [0.29, 0.717) is 17.8 Å². The number of hydrogen-bond donors (Lipinski definition) is 2. The SMILES string of the molecule is CCC(CC)NC(C)c1cccc(O)c1. The van der Waals surface area contributed by atoms with Gasteiger partial charge in [-0.1, -0.05) is 26.0 Å². The maximum Gasteiger partial charge on any atom is 0.115 e. The molecule has 0 amide bonds. The molecule has 1 rings (SSSR count). The third kappa shape index (κ3) is 3.56. The quantitative estimate of drug-likeness (QED) is 0.777. The van der Waals surface area contributed by atoms with Crippen LogP contribution in [0.25, 0.3) is 0 Å². The molecule has 84 valence electrons. The van der Waals surface area contributed by atoms with Gasteiger partial charge in [-0.3, -0.25) is 0 Å². The molecule has 0 saturated heterocycles. The summed E-state index contributed by atoms with van der Waals surface area (Å²) >= 11 is 0. The Bertz CT molecular complexity index is 294. The molecule has 1 aromatic carbocycles. The molecule has 2 N–H and O–H groups in total. The van der Waals surface area contributed by atoms with Crippen LogP contribution in [0.5, 0.6) is 5.75 Å². The molecule has 1 unspecified atom stereocenters. The summed E-state index contributed by atoms with van der Waals surface area (Å²) < 4.78 is 0. The van der Waals surface area contributed by atoms with Crippen molar-refractivity contribution in [3.8, 4) is 5.75 Å². The van der Waals surface area contributed by atoms with Gasteiger partial charge in [0.2, 0.25) is 0 Å². The molecule has 0 spiro atoms. The second-order valence-electron chi connectivity index (χ2n) is 4.00. The minimum Gasteiger partial charge on any atom is -0.508 e. The lowest BCUT2D eigenvalue weighted by atomic mass is 10.1. The molecular formula is C13H21NO. The minimum absolute atomic E-state index is 0.294. The van der Waals surface area contributed by atoms with Crippen molar-refractivity contribution < 1.29 is 5.11 Å². The normalized spacial score (nSPS) is 13.1. The lowest BCUT2D eigenvalue weighted by molar-refractivity contribution is 0.429. The number of phenols is 1. The van der Waals surface area contributed by atoms with Crippen LogP contribution >= 0.6 is 0 Å². The highest BCUT2D eigenvalue weighted by molar-refractivity contribution is 5.29. The highest BCUT2D eigenvalue weighted by Gasteiger charge is 2.10. The van der Waals surface area contributed by atoms with Gasteiger partial charge in [-0.25, -0.2) is 0 Å². The van der Waals surface area contributed by atoms with Crippen molar-refractivity contribution in [3.63, 3.8) is 0 Å². The van der Waals surface area contributed by atoms with Crippen LogP contribution in [0, 0.1) is 0 Å². The van der Waals surface area contributed by atoms with Crippen molar-refractivity contribution >= 4 is 0 Å². The van der Waals surface area contributed by atoms with Gasteiger partial charge in [0.1, 0.15) is 5.75 Å². The number of rotatable bonds is 5. The fraction of sp³-hybridized carbons (Fsp3) is 0.538. The summed E-state index contributed by atoms with van der Waals surface area (Å²) in [5.74, 6) is 0.339. The molecule has 15 heavy (non-hydrogen) atoms. The second-order valence-corrected chi connectivity index (χ2v) is 4.00. The summed E-state index contributed by atoms with van der Waals surface area (Å²) in [6.45, 7) is 6.51. The van der Waals surface area contributed by atoms with E-state index in [1.807, 2.05) is 18.2 Å². The first-order valence-corrected chi connectivity index (χ1v) is 5.72. The van der Waals surface area contributed by atoms with Crippen molar-refractivity contribution in [2.45, 2.75) is 45.7 Å². The van der Waals surface area contributed by atoms with Crippen LogP contribution in [0.2, 0.25) is 0 Å². The van der Waals surface area contributed by atoms with E-state index in [-0.39, 0.29) is 0 Å². The van der Waals surface area contributed by atoms with Crippen LogP contribution in [-0.2, 0) is 0 Å². The highest BCUT2D eigenvalue weighted by Crippen LogP contribution is 2.18. The Kier molecular flexibility index (Phi) is 4.63. The van der Waals surface area contributed by atoms with Crippen molar-refractivity contribution in [2.75, 3.05) is 0 Å². The first-order valence-electron chi connectivity index (χ1n) is 5.72. The molecule has 0 aromatic heterocycles. The Morgan fingerprint density at radius 3 is 2.47 bits per heavy atom. The van der Waals surface area contributed by atoms with Crippen LogP contribution in [0.15, 0.2) is 24.3 Å². The van der Waals surface area contributed by atoms with Crippen molar-refractivity contribution in [3.05, 3.63) is 29.8 Å². The van der Waals surface area contributed by atoms with Crippen LogP contribution < -0.4 is 5.32 Å². The summed E-state index contributed by atoms with van der Waals surface area (Å²) in [4.78, 5) is 0. The third-order valence-corrected chi connectivity index (χ3v) is 2.84. The summed E-state index contributed by atoms with van der Waals surface area (Å²) in [5, 5.41) is 12.9. The Morgan fingerprint density at radius 2 is 1.93 bits per heavy atom. The van der Waals surface area contributed by atoms with E-state index in [0.717, 1.165) is 18.4 Å². The molecule has 0 aliphatic rings. The maximum atomic E-state index is 9.38. The Morgan fingerprint density at radius 1 is 1.27 bits per heavy atom. The lowest BCUT2D eigenvalue weighted by Gasteiger charge is -2.21. The molecule has 0 aliphatic heterocycles. The van der Waals surface area contributed by atoms with Gasteiger partial charge >= 0.3 is 0 Å². The summed E-state index contributed by atoms with van der Waals surface area (Å²) in [6.07, 6.45) is 2.28. The van der Waals surface area contributed by atoms with Crippen LogP contribution in [0.1, 0.15) is 45.2 Å². The fourth-order valence-corrected chi connectivity index (χ4v) is 1.77. The maximum absolute atomic E-state index is 9.38. The zero-order chi connectivity index (χ0) is 11.3. The van der Waals surface area contributed by atoms with Crippen LogP contribution in [0.3, 0.4) is 0 Å². The standard InChI is InChI=1S/C13H21NO/c1-4-12(5-2)14-10(3)11-7-6-8-13(15)9-11/h6-10,12,14-15H,4-5H2,1-3H3. The largest absolute Gasteiger partial charge is 0.508 e. The monoisotopic (exact) mass is 207 g/mol. The number of aromatic hydroxyl groups is 1. The van der Waals surface area contributed by atoms with E-state index < -0.39 is 0 Å². The number of hydrogen-bond acceptors (Lipinski definition) is 2. The Balaban J connectivity index is 2.64. The van der Waals surface area contributed by atoms with Gasteiger partial charge in [0.25, 0.3) is 0 Å². The first-order chi connectivity index (χ1) is 7.17. The van der Waals surface area contributed by atoms with Crippen molar-refractivity contribution in [1.29, 1.82) is 0 Å². The average molecular weight is 207 g/mol. The molecule has 0 bridgehead atoms. The van der Waals surface area contributed by atoms with E-state index in [4.69, 9.17) is 0 Å². The molecule has 1 atom stereocenters. The average Bonchev–Trinajstić information content (AvgIpc) is 2.25. The zero-order valence-electron chi connectivity index (χ0n) is 9.83. The van der Waals surface area contributed by atoms with Gasteiger partial charge < -0.3 is 10.4 Å². The molecule has 0 heterocycles. The fourth-order valence-electron chi connectivity index (χ4n) is 1.77. The van der Waals surface area contributed by atoms with Gasteiger partial charge in [-0.2, -0.15) is 0 Å². The van der Waals surface area contributed by atoms with Gasteiger partial charge in [0, 0.05) is 12.1 Å². The molecule has 0 saturated carbocycles. The summed E-state index contributed by atoms with van der Waals surface area (Å²) in [7, 11) is 0. The van der Waals surface area contributed by atoms with E-state index in [9.17, 15) is 5.11 Å². The molecule has 1 aromatic rings. The predicted molar refractivity (Wildman–Crippen MR) is 64.0 cm³/mol. The van der Waals surface area contributed by atoms with E-state index in [1.54, 1.807) is 6.07 Å². The Hall–Kier alpha value is -1.02. The first kappa shape index (κ1) is 12.1. The third-order valence-electron chi connectivity index (χ3n) is 2.84. The van der Waals surface area contributed by atoms with Crippen molar-refractivity contribution in [1.82, 2.24) is 5.32 Å². The number of phenolic OH excluding ortho intramolecular Hbond substituents is 1. The topological polar surface area (TPSA) is 32.3 Å². The van der Waals surface area contributed by atoms with E-state index >= 15 is 0 Å². The van der Waals surface area contributed by atoms with E-state index in [2.05, 4.69) is 26.1 Å². The highest BCUT2D eigenvalue weighted by atomic mass is 16.3. The van der Waals surface area contributed by atoms with E-state index in [1.165, 1.54) is 0 Å². The summed E-state index contributed by atoms with van der Waals surface area (Å²) in [5.41, 5.74) is 1.14. The van der Waals surface area contributed by atoms with Crippen molar-refractivity contribution in [2.24, 2.45) is 0 Å². The van der Waals surface area contributed by atoms with Gasteiger partial charge in [-0.15, -0.1) is 0 Å². The smallest absolute Gasteiger partial charge is 0.115 e. The Labute approximate surface area is 92.3 Å². The molecule has 2 nitrogen and oxygen atoms in total. The molecule has 2 heteroatoms. The second kappa shape index (κ2) is 5.76. The predicted octanol–water partition coefficient (Wildman–Crippen LogP) is 3.23. The molecular weight excluding hydrogens is 186 g/mol. The summed E-state index contributed by atoms with van der Waals surface area (Å²) in [6, 6.07) is 8.30. The lowest BCUT2D eigenvalue weighted by Crippen LogP contribution is -2.30. The van der Waals surface area contributed by atoms with Gasteiger partial charge in [0.05, 0.1) is 0 Å². The molecule has 0 fully saturated rings. The van der Waals surface area contributed by atoms with Gasteiger partial charge in [-0.05, 0) is 37.5 Å².